The maximum atomic E-state index is 13.3. The molecule has 1 aliphatic heterocycles. The summed E-state index contributed by atoms with van der Waals surface area (Å²) in [5.74, 6) is 0.124. The third-order valence-corrected chi connectivity index (χ3v) is 6.49. The topological polar surface area (TPSA) is 91.1 Å². The standard InChI is InChI=1S/C33H31N3O3/c1-4-34-30-18-17-28(37)16-13-24-9-7-10-27(20-24)33(39)36-32(35-29-11-6-5-8-22(29)2)23(3)12-14-26-21-25(30)15-19-31(26)38/h4-11,15,17-21,38H,1,3,12-14,16H2,2H3,(H,35,36,39)/b18-17-,34-30+. The maximum Gasteiger partial charge on any atom is 0.256 e. The van der Waals surface area contributed by atoms with Gasteiger partial charge in [0, 0.05) is 23.7 Å². The van der Waals surface area contributed by atoms with Crippen molar-refractivity contribution in [2.75, 3.05) is 0 Å². The van der Waals surface area contributed by atoms with Crippen LogP contribution in [0.1, 0.15) is 45.5 Å². The molecule has 0 atom stereocenters. The van der Waals surface area contributed by atoms with Gasteiger partial charge >= 0.3 is 0 Å². The van der Waals surface area contributed by atoms with Gasteiger partial charge in [0.25, 0.3) is 5.91 Å². The molecule has 0 radical (unpaired) electrons. The first-order chi connectivity index (χ1) is 18.8. The van der Waals surface area contributed by atoms with Crippen LogP contribution >= 0.6 is 0 Å². The van der Waals surface area contributed by atoms with Gasteiger partial charge in [0.1, 0.15) is 11.6 Å². The average Bonchev–Trinajstić information content (AvgIpc) is 2.94. The second-order valence-electron chi connectivity index (χ2n) is 9.35. The number of benzene rings is 3. The van der Waals surface area contributed by atoms with Crippen LogP contribution in [0, 0.1) is 6.92 Å². The van der Waals surface area contributed by atoms with Crippen molar-refractivity contribution in [3.05, 3.63) is 132 Å². The van der Waals surface area contributed by atoms with Gasteiger partial charge in [-0.25, -0.2) is 4.99 Å². The van der Waals surface area contributed by atoms with Gasteiger partial charge in [-0.05, 0) is 97.0 Å². The van der Waals surface area contributed by atoms with Gasteiger partial charge in [0.15, 0.2) is 5.78 Å². The number of allylic oxidation sites excluding steroid dienone is 2. The first-order valence-electron chi connectivity index (χ1n) is 12.8. The Labute approximate surface area is 228 Å². The summed E-state index contributed by atoms with van der Waals surface area (Å²) in [6.07, 6.45) is 6.24. The molecule has 0 fully saturated rings. The largest absolute Gasteiger partial charge is 0.508 e. The molecular formula is C33H31N3O3. The number of hydrogen-bond donors (Lipinski definition) is 2. The number of aliphatic imine (C=N–C) groups is 2. The highest BCUT2D eigenvalue weighted by Crippen LogP contribution is 2.24. The van der Waals surface area contributed by atoms with Crippen LogP contribution < -0.4 is 5.32 Å². The summed E-state index contributed by atoms with van der Waals surface area (Å²) in [5.41, 5.74) is 5.65. The Hall–Kier alpha value is -4.84. The second-order valence-corrected chi connectivity index (χ2v) is 9.35. The lowest BCUT2D eigenvalue weighted by Crippen LogP contribution is -2.32. The quantitative estimate of drug-likeness (QED) is 0.415. The van der Waals surface area contributed by atoms with Crippen molar-refractivity contribution in [1.29, 1.82) is 0 Å². The fourth-order valence-corrected chi connectivity index (χ4v) is 4.24. The number of hydrogen-bond acceptors (Lipinski definition) is 5. The number of phenolic OH excluding ortho intramolecular Hbond substituents is 1. The molecule has 39 heavy (non-hydrogen) atoms. The third-order valence-electron chi connectivity index (χ3n) is 6.49. The fraction of sp³-hybridized carbons (Fsp3) is 0.152. The number of amidine groups is 1. The number of phenols is 1. The lowest BCUT2D eigenvalue weighted by atomic mass is 9.98. The Bertz CT molecular complexity index is 1530. The highest BCUT2D eigenvalue weighted by molar-refractivity contribution is 6.13. The molecule has 0 saturated heterocycles. The van der Waals surface area contributed by atoms with E-state index in [1.54, 1.807) is 36.4 Å². The van der Waals surface area contributed by atoms with Gasteiger partial charge in [0.2, 0.25) is 0 Å². The first-order valence-corrected chi connectivity index (χ1v) is 12.8. The number of para-hydroxylation sites is 1. The summed E-state index contributed by atoms with van der Waals surface area (Å²) < 4.78 is 0. The van der Waals surface area contributed by atoms with Crippen LogP contribution in [0.5, 0.6) is 5.75 Å². The lowest BCUT2D eigenvalue weighted by Gasteiger charge is -2.14. The van der Waals surface area contributed by atoms with Crippen LogP contribution in [-0.4, -0.2) is 28.3 Å². The van der Waals surface area contributed by atoms with E-state index in [0.29, 0.717) is 47.5 Å². The molecule has 0 saturated carbocycles. The van der Waals surface area contributed by atoms with Crippen molar-refractivity contribution in [3.63, 3.8) is 0 Å². The van der Waals surface area contributed by atoms with Gasteiger partial charge in [-0.2, -0.15) is 0 Å². The number of carbonyl (C=O) groups excluding carboxylic acids is 2. The molecule has 3 aromatic rings. The van der Waals surface area contributed by atoms with Crippen LogP contribution in [0.15, 0.2) is 114 Å². The zero-order valence-corrected chi connectivity index (χ0v) is 22.0. The van der Waals surface area contributed by atoms with Gasteiger partial charge in [0.05, 0.1) is 11.4 Å². The minimum absolute atomic E-state index is 0.0642. The summed E-state index contributed by atoms with van der Waals surface area (Å²) in [6.45, 7) is 9.88. The number of ketones is 1. The molecule has 1 amide bonds. The number of fused-ring (bicyclic) bond motifs is 4. The summed E-state index contributed by atoms with van der Waals surface area (Å²) in [7, 11) is 0. The number of carbonyl (C=O) groups is 2. The Balaban J connectivity index is 1.77. The molecule has 6 heteroatoms. The summed E-state index contributed by atoms with van der Waals surface area (Å²) in [6, 6.07) is 20.1. The highest BCUT2D eigenvalue weighted by atomic mass is 16.3. The van der Waals surface area contributed by atoms with Crippen LogP contribution in [0.3, 0.4) is 0 Å². The number of amides is 1. The Kier molecular flexibility index (Phi) is 8.79. The molecule has 4 bridgehead atoms. The molecule has 4 rings (SSSR count). The predicted molar refractivity (Wildman–Crippen MR) is 157 cm³/mol. The molecule has 196 valence electrons. The van der Waals surface area contributed by atoms with Crippen molar-refractivity contribution in [3.8, 4) is 5.75 Å². The van der Waals surface area contributed by atoms with E-state index in [2.05, 4.69) is 23.5 Å². The van der Waals surface area contributed by atoms with Crippen molar-refractivity contribution in [2.24, 2.45) is 9.98 Å². The molecule has 0 aromatic heterocycles. The lowest BCUT2D eigenvalue weighted by molar-refractivity contribution is -0.114. The zero-order chi connectivity index (χ0) is 27.8. The van der Waals surface area contributed by atoms with E-state index < -0.39 is 0 Å². The van der Waals surface area contributed by atoms with Crippen molar-refractivity contribution >= 4 is 28.9 Å². The Morgan fingerprint density at radius 3 is 2.51 bits per heavy atom. The van der Waals surface area contributed by atoms with E-state index in [9.17, 15) is 14.7 Å². The number of aromatic hydroxyl groups is 1. The zero-order valence-electron chi connectivity index (χ0n) is 22.0. The van der Waals surface area contributed by atoms with Crippen LogP contribution in [0.25, 0.3) is 0 Å². The molecule has 0 aliphatic carbocycles. The van der Waals surface area contributed by atoms with Crippen LogP contribution in [0.4, 0.5) is 5.69 Å². The molecule has 3 aromatic carbocycles. The van der Waals surface area contributed by atoms with Crippen molar-refractivity contribution < 1.29 is 14.7 Å². The maximum absolute atomic E-state index is 13.3. The molecule has 2 N–H and O–H groups in total. The summed E-state index contributed by atoms with van der Waals surface area (Å²) in [5, 5.41) is 13.5. The first kappa shape index (κ1) is 27.2. The molecular weight excluding hydrogens is 486 g/mol. The van der Waals surface area contributed by atoms with Crippen LogP contribution in [0.2, 0.25) is 0 Å². The van der Waals surface area contributed by atoms with Gasteiger partial charge in [-0.1, -0.05) is 43.5 Å². The van der Waals surface area contributed by atoms with Crippen LogP contribution in [-0.2, 0) is 17.6 Å². The minimum atomic E-state index is -0.312. The highest BCUT2D eigenvalue weighted by Gasteiger charge is 2.15. The minimum Gasteiger partial charge on any atom is -0.508 e. The Morgan fingerprint density at radius 2 is 1.72 bits per heavy atom. The average molecular weight is 518 g/mol. The van der Waals surface area contributed by atoms with E-state index in [0.717, 1.165) is 22.4 Å². The fourth-order valence-electron chi connectivity index (χ4n) is 4.24. The molecule has 0 unspecified atom stereocenters. The van der Waals surface area contributed by atoms with Gasteiger partial charge < -0.3 is 10.4 Å². The SMILES string of the molecule is C=C/N=C1\C=C/C(=O)CCc2cccc(c2)C(=O)N/C(=N/c2ccccc2C)C(=C)CCc2cc1ccc2O. The Morgan fingerprint density at radius 1 is 0.897 bits per heavy atom. The van der Waals surface area contributed by atoms with Crippen molar-refractivity contribution in [2.45, 2.75) is 32.6 Å². The van der Waals surface area contributed by atoms with E-state index in [1.807, 2.05) is 43.3 Å². The van der Waals surface area contributed by atoms with E-state index in [1.165, 1.54) is 12.3 Å². The smallest absolute Gasteiger partial charge is 0.256 e. The van der Waals surface area contributed by atoms with Crippen molar-refractivity contribution in [1.82, 2.24) is 5.32 Å². The summed E-state index contributed by atoms with van der Waals surface area (Å²) in [4.78, 5) is 35.0. The monoisotopic (exact) mass is 517 g/mol. The molecule has 1 heterocycles. The molecule has 0 spiro atoms. The van der Waals surface area contributed by atoms with Gasteiger partial charge in [-0.3, -0.25) is 14.6 Å². The number of aryl methyl sites for hydroxylation is 3. The number of nitrogens with zero attached hydrogens (tertiary/aromatic N) is 2. The van der Waals surface area contributed by atoms with E-state index >= 15 is 0 Å². The molecule has 6 nitrogen and oxygen atoms in total. The second kappa shape index (κ2) is 12.6. The third kappa shape index (κ3) is 7.14. The van der Waals surface area contributed by atoms with E-state index in [-0.39, 0.29) is 23.9 Å². The number of nitrogens with one attached hydrogen (secondary N) is 1. The molecule has 1 aliphatic rings. The van der Waals surface area contributed by atoms with Gasteiger partial charge in [-0.15, -0.1) is 0 Å². The number of rotatable bonds is 2. The predicted octanol–water partition coefficient (Wildman–Crippen LogP) is 6.35. The summed E-state index contributed by atoms with van der Waals surface area (Å²) >= 11 is 0. The van der Waals surface area contributed by atoms with E-state index in [4.69, 9.17) is 4.99 Å². The normalized spacial score (nSPS) is 17.8.